The van der Waals surface area contributed by atoms with Crippen molar-refractivity contribution in [3.63, 3.8) is 0 Å². The minimum absolute atomic E-state index is 0.0970. The largest absolute Gasteiger partial charge is 0.454 e. The van der Waals surface area contributed by atoms with Gasteiger partial charge in [-0.2, -0.15) is 0 Å². The first kappa shape index (κ1) is 10.6. The summed E-state index contributed by atoms with van der Waals surface area (Å²) in [6.45, 7) is 4.77. The van der Waals surface area contributed by atoms with Gasteiger partial charge in [-0.3, -0.25) is 4.79 Å². The fraction of sp³-hybridized carbons (Fsp3) is 0.429. The van der Waals surface area contributed by atoms with Crippen molar-refractivity contribution in [2.75, 3.05) is 11.0 Å². The maximum atomic E-state index is 10.7. The number of hydrogen-bond acceptors (Lipinski definition) is 3. The van der Waals surface area contributed by atoms with Gasteiger partial charge in [0, 0.05) is 5.57 Å². The van der Waals surface area contributed by atoms with Crippen LogP contribution < -0.4 is 0 Å². The maximum absolute atomic E-state index is 10.7. The van der Waals surface area contributed by atoms with Crippen molar-refractivity contribution in [2.45, 2.75) is 6.92 Å². The minimum Gasteiger partial charge on any atom is -0.454 e. The second-order valence-electron chi connectivity index (χ2n) is 2.03. The first-order chi connectivity index (χ1) is 5.07. The van der Waals surface area contributed by atoms with Crippen molar-refractivity contribution in [1.82, 2.24) is 0 Å². The van der Waals surface area contributed by atoms with E-state index in [0.717, 1.165) is 0 Å². The van der Waals surface area contributed by atoms with E-state index < -0.39 is 5.97 Å². The lowest BCUT2D eigenvalue weighted by atomic mass is 10.4. The van der Waals surface area contributed by atoms with Crippen molar-refractivity contribution in [3.05, 3.63) is 12.2 Å². The second-order valence-corrected chi connectivity index (χ2v) is 2.79. The topological polar surface area (TPSA) is 43.4 Å². The molecule has 0 heterocycles. The van der Waals surface area contributed by atoms with Crippen molar-refractivity contribution in [1.29, 1.82) is 0 Å². The van der Waals surface area contributed by atoms with Crippen LogP contribution in [0.4, 0.5) is 0 Å². The van der Waals surface area contributed by atoms with Crippen LogP contribution in [0, 0.1) is 0 Å². The number of rotatable bonds is 4. The van der Waals surface area contributed by atoms with Gasteiger partial charge >= 0.3 is 5.97 Å². The summed E-state index contributed by atoms with van der Waals surface area (Å²) in [7, 11) is 0. The predicted octanol–water partition coefficient (Wildman–Crippen LogP) is 1.11. The molecule has 62 valence electrons. The van der Waals surface area contributed by atoms with Crippen LogP contribution in [-0.4, -0.2) is 22.8 Å². The van der Waals surface area contributed by atoms with Crippen LogP contribution >= 0.6 is 22.6 Å². The molecule has 0 atom stereocenters. The van der Waals surface area contributed by atoms with Gasteiger partial charge in [0.15, 0.2) is 12.4 Å². The lowest BCUT2D eigenvalue weighted by Gasteiger charge is -2.00. The van der Waals surface area contributed by atoms with E-state index in [9.17, 15) is 9.59 Å². The van der Waals surface area contributed by atoms with Crippen molar-refractivity contribution in [3.8, 4) is 0 Å². The van der Waals surface area contributed by atoms with Gasteiger partial charge in [-0.05, 0) is 6.92 Å². The molecule has 0 aromatic carbocycles. The molecular formula is C7H9IO3. The summed E-state index contributed by atoms with van der Waals surface area (Å²) in [6.07, 6.45) is 0. The van der Waals surface area contributed by atoms with E-state index in [0.29, 0.717) is 10.0 Å². The van der Waals surface area contributed by atoms with Crippen molar-refractivity contribution in [2.24, 2.45) is 0 Å². The number of ketones is 1. The zero-order valence-electron chi connectivity index (χ0n) is 6.22. The molecular weight excluding hydrogens is 259 g/mol. The molecule has 0 aliphatic heterocycles. The zero-order chi connectivity index (χ0) is 8.85. The van der Waals surface area contributed by atoms with E-state index >= 15 is 0 Å². The molecule has 3 nitrogen and oxygen atoms in total. The van der Waals surface area contributed by atoms with Crippen molar-refractivity contribution >= 4 is 34.3 Å². The third-order valence-electron chi connectivity index (χ3n) is 0.862. The van der Waals surface area contributed by atoms with E-state index in [2.05, 4.69) is 11.3 Å². The number of ether oxygens (including phenoxy) is 1. The molecule has 0 unspecified atom stereocenters. The lowest BCUT2D eigenvalue weighted by Crippen LogP contribution is -2.14. The summed E-state index contributed by atoms with van der Waals surface area (Å²) in [5.41, 5.74) is 0.311. The average molecular weight is 268 g/mol. The minimum atomic E-state index is -0.511. The maximum Gasteiger partial charge on any atom is 0.333 e. The van der Waals surface area contributed by atoms with E-state index in [4.69, 9.17) is 0 Å². The summed E-state index contributed by atoms with van der Waals surface area (Å²) < 4.78 is 4.93. The molecule has 11 heavy (non-hydrogen) atoms. The third kappa shape index (κ3) is 4.94. The van der Waals surface area contributed by atoms with Gasteiger partial charge in [-0.15, -0.1) is 0 Å². The Kier molecular flexibility index (Phi) is 5.10. The Bertz CT molecular complexity index is 186. The molecule has 0 amide bonds. The molecule has 0 aromatic rings. The average Bonchev–Trinajstić information content (AvgIpc) is 1.99. The Morgan fingerprint density at radius 1 is 1.55 bits per heavy atom. The Morgan fingerprint density at radius 3 is 2.45 bits per heavy atom. The number of alkyl halides is 1. The summed E-state index contributed by atoms with van der Waals surface area (Å²) in [5.74, 6) is -0.608. The predicted molar refractivity (Wildman–Crippen MR) is 49.7 cm³/mol. The molecule has 0 rings (SSSR count). The molecule has 0 saturated heterocycles. The number of hydrogen-bond donors (Lipinski definition) is 0. The van der Waals surface area contributed by atoms with Crippen LogP contribution in [0.1, 0.15) is 6.92 Å². The van der Waals surface area contributed by atoms with Crippen LogP contribution in [-0.2, 0) is 14.3 Å². The Labute approximate surface area is 78.9 Å². The Hall–Kier alpha value is -0.390. The molecule has 0 aromatic heterocycles. The normalized spacial score (nSPS) is 8.91. The smallest absolute Gasteiger partial charge is 0.333 e. The zero-order valence-corrected chi connectivity index (χ0v) is 8.38. The quantitative estimate of drug-likeness (QED) is 0.332. The summed E-state index contributed by atoms with van der Waals surface area (Å²) in [6, 6.07) is 0. The molecule has 0 radical (unpaired) electrons. The molecule has 0 fully saturated rings. The SMILES string of the molecule is C=C(C)C(=O)OCC(=O)CI. The molecule has 0 spiro atoms. The molecule has 0 aliphatic carbocycles. The van der Waals surface area contributed by atoms with E-state index in [-0.39, 0.29) is 12.4 Å². The van der Waals surface area contributed by atoms with Crippen LogP contribution in [0.2, 0.25) is 0 Å². The molecule has 0 saturated carbocycles. The lowest BCUT2D eigenvalue weighted by molar-refractivity contribution is -0.143. The highest BCUT2D eigenvalue weighted by Crippen LogP contribution is 1.93. The van der Waals surface area contributed by atoms with Gasteiger partial charge in [0.05, 0.1) is 4.43 Å². The number of carbonyl (C=O) groups is 2. The van der Waals surface area contributed by atoms with Crippen LogP contribution in [0.3, 0.4) is 0 Å². The van der Waals surface area contributed by atoms with E-state index in [1.165, 1.54) is 6.92 Å². The first-order valence-corrected chi connectivity index (χ1v) is 4.50. The fourth-order valence-corrected chi connectivity index (χ4v) is 0.528. The van der Waals surface area contributed by atoms with Crippen molar-refractivity contribution < 1.29 is 14.3 Å². The standard InChI is InChI=1S/C7H9IO3/c1-5(2)7(10)11-4-6(9)3-8/h1,3-4H2,2H3. The van der Waals surface area contributed by atoms with Gasteiger partial charge in [-0.25, -0.2) is 4.79 Å². The summed E-state index contributed by atoms with van der Waals surface area (Å²) >= 11 is 1.91. The summed E-state index contributed by atoms with van der Waals surface area (Å²) in [4.78, 5) is 21.3. The van der Waals surface area contributed by atoms with Gasteiger partial charge < -0.3 is 4.74 Å². The Balaban J connectivity index is 3.63. The number of Topliss-reactive ketones (excluding diaryl/α,β-unsaturated/α-hetero) is 1. The highest BCUT2D eigenvalue weighted by Gasteiger charge is 2.05. The van der Waals surface area contributed by atoms with Crippen LogP contribution in [0.15, 0.2) is 12.2 Å². The number of halogens is 1. The van der Waals surface area contributed by atoms with Gasteiger partial charge in [-0.1, -0.05) is 29.2 Å². The molecule has 0 bridgehead atoms. The third-order valence-corrected chi connectivity index (χ3v) is 1.71. The second kappa shape index (κ2) is 5.29. The monoisotopic (exact) mass is 268 g/mol. The molecule has 0 aliphatic rings. The highest BCUT2D eigenvalue weighted by atomic mass is 127. The highest BCUT2D eigenvalue weighted by molar-refractivity contribution is 14.1. The van der Waals surface area contributed by atoms with Gasteiger partial charge in [0.1, 0.15) is 0 Å². The fourth-order valence-electron chi connectivity index (χ4n) is 0.308. The number of carbonyl (C=O) groups excluding carboxylic acids is 2. The van der Waals surface area contributed by atoms with Crippen LogP contribution in [0.5, 0.6) is 0 Å². The van der Waals surface area contributed by atoms with Crippen LogP contribution in [0.25, 0.3) is 0 Å². The molecule has 4 heteroatoms. The molecule has 0 N–H and O–H groups in total. The Morgan fingerprint density at radius 2 is 2.09 bits per heavy atom. The van der Waals surface area contributed by atoms with Gasteiger partial charge in [0.2, 0.25) is 0 Å². The van der Waals surface area contributed by atoms with E-state index in [1.807, 2.05) is 22.6 Å². The van der Waals surface area contributed by atoms with E-state index in [1.54, 1.807) is 0 Å². The number of esters is 1. The summed E-state index contributed by atoms with van der Waals surface area (Å²) in [5, 5.41) is 0. The van der Waals surface area contributed by atoms with Gasteiger partial charge in [0.25, 0.3) is 0 Å². The first-order valence-electron chi connectivity index (χ1n) is 2.98.